The van der Waals surface area contributed by atoms with Crippen molar-refractivity contribution in [3.05, 3.63) is 60.0 Å². The number of carbonyl (C=O) groups excluding carboxylic acids is 1. The maximum atomic E-state index is 12.5. The quantitative estimate of drug-likeness (QED) is 0.440. The highest BCUT2D eigenvalue weighted by Gasteiger charge is 2.28. The molecule has 0 saturated heterocycles. The standard InChI is InChI=1S/C23H26N4O5S/c1-15-3-5-16(6-4-15)22-25-18(14-32-22)11-12-24-23(28)26-20-13-19(9-10-21(20)31-2)33(29,30)27-17-7-8-17/h3-6,9-10,13-14,17,27H,7-8,11-12H2,1-2H3,(H2,24,26,28). The van der Waals surface area contributed by atoms with Gasteiger partial charge in [0.2, 0.25) is 15.9 Å². The van der Waals surface area contributed by atoms with Gasteiger partial charge in [-0.15, -0.1) is 0 Å². The summed E-state index contributed by atoms with van der Waals surface area (Å²) < 4.78 is 38.4. The first-order valence-electron chi connectivity index (χ1n) is 10.6. The van der Waals surface area contributed by atoms with Gasteiger partial charge in [-0.2, -0.15) is 0 Å². The van der Waals surface area contributed by atoms with E-state index in [0.29, 0.717) is 30.3 Å². The van der Waals surface area contributed by atoms with E-state index in [9.17, 15) is 13.2 Å². The average Bonchev–Trinajstić information content (AvgIpc) is 3.47. The van der Waals surface area contributed by atoms with Gasteiger partial charge in [0.05, 0.1) is 23.4 Å². The van der Waals surface area contributed by atoms with E-state index < -0.39 is 16.1 Å². The second kappa shape index (κ2) is 9.63. The van der Waals surface area contributed by atoms with Crippen molar-refractivity contribution in [2.45, 2.75) is 37.1 Å². The van der Waals surface area contributed by atoms with Gasteiger partial charge in [0.25, 0.3) is 0 Å². The highest BCUT2D eigenvalue weighted by atomic mass is 32.2. The second-order valence-corrected chi connectivity index (χ2v) is 9.61. The Labute approximate surface area is 192 Å². The summed E-state index contributed by atoms with van der Waals surface area (Å²) in [5, 5.41) is 5.39. The van der Waals surface area contributed by atoms with Crippen molar-refractivity contribution in [1.29, 1.82) is 0 Å². The van der Waals surface area contributed by atoms with Gasteiger partial charge in [-0.1, -0.05) is 17.7 Å². The van der Waals surface area contributed by atoms with Crippen molar-refractivity contribution in [3.63, 3.8) is 0 Å². The number of aromatic nitrogens is 1. The second-order valence-electron chi connectivity index (χ2n) is 7.90. The summed E-state index contributed by atoms with van der Waals surface area (Å²) in [5.41, 5.74) is 3.01. The molecular formula is C23H26N4O5S. The minimum Gasteiger partial charge on any atom is -0.495 e. The number of anilines is 1. The molecule has 33 heavy (non-hydrogen) atoms. The number of amides is 2. The van der Waals surface area contributed by atoms with Gasteiger partial charge in [-0.25, -0.2) is 22.9 Å². The lowest BCUT2D eigenvalue weighted by atomic mass is 10.1. The molecule has 10 heteroatoms. The lowest BCUT2D eigenvalue weighted by Crippen LogP contribution is -2.31. The van der Waals surface area contributed by atoms with Crippen LogP contribution in [0.5, 0.6) is 5.75 Å². The first-order valence-corrected chi connectivity index (χ1v) is 12.1. The Morgan fingerprint density at radius 3 is 2.64 bits per heavy atom. The number of carbonyl (C=O) groups is 1. The van der Waals surface area contributed by atoms with E-state index in [1.165, 1.54) is 25.3 Å². The van der Waals surface area contributed by atoms with Gasteiger partial charge in [0, 0.05) is 24.6 Å². The molecule has 1 fully saturated rings. The first-order chi connectivity index (χ1) is 15.8. The Bertz CT molecular complexity index is 1230. The Hall–Kier alpha value is -3.37. The van der Waals surface area contributed by atoms with Crippen molar-refractivity contribution in [1.82, 2.24) is 15.0 Å². The third-order valence-corrected chi connectivity index (χ3v) is 6.66. The molecule has 3 N–H and O–H groups in total. The summed E-state index contributed by atoms with van der Waals surface area (Å²) in [6.07, 6.45) is 3.71. The smallest absolute Gasteiger partial charge is 0.319 e. The molecule has 2 amide bonds. The largest absolute Gasteiger partial charge is 0.495 e. The van der Waals surface area contributed by atoms with Gasteiger partial charge in [0.15, 0.2) is 0 Å². The zero-order chi connectivity index (χ0) is 23.4. The van der Waals surface area contributed by atoms with Gasteiger partial charge in [0.1, 0.15) is 12.0 Å². The summed E-state index contributed by atoms with van der Waals surface area (Å²) in [7, 11) is -2.20. The van der Waals surface area contributed by atoms with Crippen molar-refractivity contribution < 1.29 is 22.4 Å². The maximum Gasteiger partial charge on any atom is 0.319 e. The molecule has 0 aliphatic heterocycles. The number of aryl methyl sites for hydroxylation is 1. The van der Waals surface area contributed by atoms with Crippen molar-refractivity contribution in [2.24, 2.45) is 0 Å². The zero-order valence-corrected chi connectivity index (χ0v) is 19.2. The Kier molecular flexibility index (Phi) is 6.66. The van der Waals surface area contributed by atoms with E-state index >= 15 is 0 Å². The molecular weight excluding hydrogens is 444 g/mol. The van der Waals surface area contributed by atoms with E-state index in [1.807, 2.05) is 31.2 Å². The van der Waals surface area contributed by atoms with Crippen molar-refractivity contribution >= 4 is 21.7 Å². The normalized spacial score (nSPS) is 13.5. The van der Waals surface area contributed by atoms with Crippen LogP contribution in [0.4, 0.5) is 10.5 Å². The molecule has 0 spiro atoms. The maximum absolute atomic E-state index is 12.5. The fourth-order valence-electron chi connectivity index (χ4n) is 3.16. The minimum absolute atomic E-state index is 0.0140. The van der Waals surface area contributed by atoms with E-state index in [0.717, 1.165) is 24.0 Å². The van der Waals surface area contributed by atoms with Crippen LogP contribution in [0.2, 0.25) is 0 Å². The Morgan fingerprint density at radius 1 is 1.18 bits per heavy atom. The number of sulfonamides is 1. The van der Waals surface area contributed by atoms with Gasteiger partial charge in [-0.3, -0.25) is 0 Å². The molecule has 9 nitrogen and oxygen atoms in total. The van der Waals surface area contributed by atoms with Crippen LogP contribution in [0.1, 0.15) is 24.1 Å². The number of methoxy groups -OCH3 is 1. The molecule has 2 aromatic carbocycles. The number of nitrogens with one attached hydrogen (secondary N) is 3. The highest BCUT2D eigenvalue weighted by molar-refractivity contribution is 7.89. The molecule has 1 saturated carbocycles. The monoisotopic (exact) mass is 470 g/mol. The third-order valence-electron chi connectivity index (χ3n) is 5.15. The van der Waals surface area contributed by atoms with Crippen LogP contribution in [-0.4, -0.2) is 39.1 Å². The van der Waals surface area contributed by atoms with Crippen LogP contribution in [0.15, 0.2) is 58.0 Å². The number of benzene rings is 2. The fraction of sp³-hybridized carbons (Fsp3) is 0.304. The van der Waals surface area contributed by atoms with E-state index in [-0.39, 0.29) is 16.6 Å². The molecule has 0 unspecified atom stereocenters. The Balaban J connectivity index is 1.34. The predicted octanol–water partition coefficient (Wildman–Crippen LogP) is 3.46. The zero-order valence-electron chi connectivity index (χ0n) is 18.4. The number of hydrogen-bond acceptors (Lipinski definition) is 6. The molecule has 174 valence electrons. The lowest BCUT2D eigenvalue weighted by Gasteiger charge is -2.13. The fourth-order valence-corrected chi connectivity index (χ4v) is 4.49. The molecule has 0 bridgehead atoms. The van der Waals surface area contributed by atoms with E-state index in [4.69, 9.17) is 9.15 Å². The summed E-state index contributed by atoms with van der Waals surface area (Å²) in [5.74, 6) is 0.881. The Morgan fingerprint density at radius 2 is 1.94 bits per heavy atom. The number of oxazole rings is 1. The number of ether oxygens (including phenoxy) is 1. The van der Waals surface area contributed by atoms with Crippen LogP contribution >= 0.6 is 0 Å². The van der Waals surface area contributed by atoms with E-state index in [2.05, 4.69) is 20.3 Å². The molecule has 4 rings (SSSR count). The van der Waals surface area contributed by atoms with Crippen LogP contribution < -0.4 is 20.1 Å². The number of urea groups is 1. The number of hydrogen-bond donors (Lipinski definition) is 3. The number of rotatable bonds is 9. The molecule has 1 aliphatic carbocycles. The van der Waals surface area contributed by atoms with Crippen molar-refractivity contribution in [3.8, 4) is 17.2 Å². The number of nitrogens with zero attached hydrogens (tertiary/aromatic N) is 1. The summed E-state index contributed by atoms with van der Waals surface area (Å²) in [6, 6.07) is 11.7. The van der Waals surface area contributed by atoms with Crippen LogP contribution in [-0.2, 0) is 16.4 Å². The molecule has 0 atom stereocenters. The van der Waals surface area contributed by atoms with Gasteiger partial charge < -0.3 is 19.8 Å². The van der Waals surface area contributed by atoms with Crippen LogP contribution in [0.3, 0.4) is 0 Å². The molecule has 0 radical (unpaired) electrons. The average molecular weight is 471 g/mol. The van der Waals surface area contributed by atoms with Crippen LogP contribution in [0, 0.1) is 6.92 Å². The first kappa shape index (κ1) is 22.8. The third kappa shape index (κ3) is 5.91. The van der Waals surface area contributed by atoms with Crippen LogP contribution in [0.25, 0.3) is 11.5 Å². The van der Waals surface area contributed by atoms with E-state index in [1.54, 1.807) is 6.26 Å². The molecule has 3 aromatic rings. The topological polar surface area (TPSA) is 123 Å². The molecule has 1 aromatic heterocycles. The SMILES string of the molecule is COc1ccc(S(=O)(=O)NC2CC2)cc1NC(=O)NCCc1coc(-c2ccc(C)cc2)n1. The highest BCUT2D eigenvalue weighted by Crippen LogP contribution is 2.29. The lowest BCUT2D eigenvalue weighted by molar-refractivity contribution is 0.252. The summed E-state index contributed by atoms with van der Waals surface area (Å²) >= 11 is 0. The minimum atomic E-state index is -3.65. The van der Waals surface area contributed by atoms with Gasteiger partial charge >= 0.3 is 6.03 Å². The van der Waals surface area contributed by atoms with Crippen molar-refractivity contribution in [2.75, 3.05) is 19.0 Å². The summed E-state index contributed by atoms with van der Waals surface area (Å²) in [4.78, 5) is 16.9. The van der Waals surface area contributed by atoms with Gasteiger partial charge in [-0.05, 0) is 50.1 Å². The molecule has 1 aliphatic rings. The predicted molar refractivity (Wildman–Crippen MR) is 124 cm³/mol. The molecule has 1 heterocycles. The summed E-state index contributed by atoms with van der Waals surface area (Å²) in [6.45, 7) is 2.33.